The van der Waals surface area contributed by atoms with Gasteiger partial charge in [0.05, 0.1) is 24.6 Å². The van der Waals surface area contributed by atoms with Crippen molar-refractivity contribution in [1.82, 2.24) is 9.88 Å². The van der Waals surface area contributed by atoms with E-state index >= 15 is 0 Å². The molecule has 1 unspecified atom stereocenters. The summed E-state index contributed by atoms with van der Waals surface area (Å²) < 4.78 is 5.34. The van der Waals surface area contributed by atoms with Gasteiger partial charge in [-0.15, -0.1) is 11.3 Å². The van der Waals surface area contributed by atoms with E-state index < -0.39 is 5.97 Å². The van der Waals surface area contributed by atoms with Gasteiger partial charge in [-0.1, -0.05) is 0 Å². The topological polar surface area (TPSA) is 62.7 Å². The zero-order chi connectivity index (χ0) is 12.3. The molecule has 0 bridgehead atoms. The van der Waals surface area contributed by atoms with Gasteiger partial charge in [-0.2, -0.15) is 0 Å². The number of rotatable bonds is 4. The van der Waals surface area contributed by atoms with Crippen molar-refractivity contribution in [2.24, 2.45) is 0 Å². The minimum Gasteiger partial charge on any atom is -0.481 e. The van der Waals surface area contributed by atoms with Crippen LogP contribution in [0.5, 0.6) is 0 Å². The summed E-state index contributed by atoms with van der Waals surface area (Å²) >= 11 is 1.66. The first-order valence-electron chi connectivity index (χ1n) is 5.60. The van der Waals surface area contributed by atoms with Gasteiger partial charge >= 0.3 is 5.97 Å². The molecule has 0 aliphatic carbocycles. The molecule has 5 nitrogen and oxygen atoms in total. The van der Waals surface area contributed by atoms with E-state index in [2.05, 4.69) is 9.88 Å². The van der Waals surface area contributed by atoms with Gasteiger partial charge < -0.3 is 9.84 Å². The van der Waals surface area contributed by atoms with Crippen LogP contribution in [0, 0.1) is 6.92 Å². The molecule has 1 fully saturated rings. The molecule has 1 aromatic rings. The fraction of sp³-hybridized carbons (Fsp3) is 0.636. The molecule has 0 saturated carbocycles. The van der Waals surface area contributed by atoms with Crippen molar-refractivity contribution in [3.8, 4) is 0 Å². The van der Waals surface area contributed by atoms with Crippen LogP contribution in [-0.2, 0) is 16.1 Å². The van der Waals surface area contributed by atoms with E-state index in [4.69, 9.17) is 9.84 Å². The number of nitrogens with zero attached hydrogens (tertiary/aromatic N) is 2. The first-order valence-corrected chi connectivity index (χ1v) is 6.41. The number of morpholine rings is 1. The summed E-state index contributed by atoms with van der Waals surface area (Å²) in [6.07, 6.45) is 2.01. The van der Waals surface area contributed by atoms with Crippen LogP contribution in [-0.4, -0.2) is 46.8 Å². The van der Waals surface area contributed by atoms with Gasteiger partial charge in [-0.3, -0.25) is 9.69 Å². The van der Waals surface area contributed by atoms with E-state index in [1.165, 1.54) is 4.88 Å². The van der Waals surface area contributed by atoms with Crippen LogP contribution >= 0.6 is 11.3 Å². The lowest BCUT2D eigenvalue weighted by atomic mass is 10.1. The monoisotopic (exact) mass is 256 g/mol. The van der Waals surface area contributed by atoms with Crippen molar-refractivity contribution in [3.63, 3.8) is 0 Å². The second-order valence-electron chi connectivity index (χ2n) is 4.14. The Morgan fingerprint density at radius 1 is 1.76 bits per heavy atom. The molecule has 0 spiro atoms. The largest absolute Gasteiger partial charge is 0.481 e. The van der Waals surface area contributed by atoms with Crippen LogP contribution in [0.25, 0.3) is 0 Å². The van der Waals surface area contributed by atoms with E-state index in [9.17, 15) is 4.79 Å². The first kappa shape index (κ1) is 12.5. The van der Waals surface area contributed by atoms with Crippen LogP contribution in [0.15, 0.2) is 6.20 Å². The molecule has 2 heterocycles. The van der Waals surface area contributed by atoms with Gasteiger partial charge in [0.2, 0.25) is 0 Å². The molecule has 1 aromatic heterocycles. The summed E-state index contributed by atoms with van der Waals surface area (Å²) in [5, 5.41) is 9.91. The predicted octanol–water partition coefficient (Wildman–Crippen LogP) is 1.13. The number of thiazole rings is 1. The normalized spacial score (nSPS) is 21.6. The zero-order valence-corrected chi connectivity index (χ0v) is 10.6. The highest BCUT2D eigenvalue weighted by Gasteiger charge is 2.25. The summed E-state index contributed by atoms with van der Waals surface area (Å²) in [5.74, 6) is -0.772. The Hall–Kier alpha value is -0.980. The van der Waals surface area contributed by atoms with Crippen molar-refractivity contribution in [3.05, 3.63) is 16.1 Å². The summed E-state index contributed by atoms with van der Waals surface area (Å²) in [6.45, 7) is 4.71. The number of carboxylic acids is 1. The Morgan fingerprint density at radius 2 is 2.59 bits per heavy atom. The number of hydrogen-bond donors (Lipinski definition) is 1. The number of aromatic nitrogens is 1. The van der Waals surface area contributed by atoms with Crippen LogP contribution in [0.2, 0.25) is 0 Å². The average molecular weight is 256 g/mol. The van der Waals surface area contributed by atoms with E-state index in [0.717, 1.165) is 18.1 Å². The molecule has 1 aliphatic heterocycles. The van der Waals surface area contributed by atoms with Gasteiger partial charge in [-0.05, 0) is 6.92 Å². The molecular formula is C11H16N2O3S. The predicted molar refractivity (Wildman–Crippen MR) is 64.1 cm³/mol. The molecule has 1 atom stereocenters. The Kier molecular flexibility index (Phi) is 4.09. The van der Waals surface area contributed by atoms with E-state index in [0.29, 0.717) is 13.2 Å². The Labute approximate surface area is 104 Å². The highest BCUT2D eigenvalue weighted by molar-refractivity contribution is 7.11. The number of aliphatic carboxylic acids is 1. The number of carboxylic acid groups (broad SMARTS) is 1. The third kappa shape index (κ3) is 3.49. The molecule has 0 radical (unpaired) electrons. The summed E-state index contributed by atoms with van der Waals surface area (Å²) in [6, 6.07) is -0.0244. The van der Waals surface area contributed by atoms with E-state index in [-0.39, 0.29) is 12.5 Å². The molecule has 2 rings (SSSR count). The van der Waals surface area contributed by atoms with Crippen LogP contribution in [0.4, 0.5) is 0 Å². The summed E-state index contributed by atoms with van der Waals surface area (Å²) in [4.78, 5) is 18.3. The fourth-order valence-electron chi connectivity index (χ4n) is 1.97. The van der Waals surface area contributed by atoms with Gasteiger partial charge in [0, 0.05) is 30.2 Å². The highest BCUT2D eigenvalue weighted by Crippen LogP contribution is 2.18. The Morgan fingerprint density at radius 3 is 3.24 bits per heavy atom. The number of carbonyl (C=O) groups is 1. The molecule has 0 aromatic carbocycles. The maximum Gasteiger partial charge on any atom is 0.305 e. The lowest BCUT2D eigenvalue weighted by molar-refractivity contribution is -0.140. The lowest BCUT2D eigenvalue weighted by Crippen LogP contribution is -2.45. The molecule has 6 heteroatoms. The van der Waals surface area contributed by atoms with Gasteiger partial charge in [0.25, 0.3) is 0 Å². The van der Waals surface area contributed by atoms with Crippen molar-refractivity contribution < 1.29 is 14.6 Å². The smallest absolute Gasteiger partial charge is 0.305 e. The van der Waals surface area contributed by atoms with Crippen LogP contribution < -0.4 is 0 Å². The molecule has 94 valence electrons. The molecule has 1 aliphatic rings. The van der Waals surface area contributed by atoms with Gasteiger partial charge in [0.15, 0.2) is 0 Å². The highest BCUT2D eigenvalue weighted by atomic mass is 32.1. The lowest BCUT2D eigenvalue weighted by Gasteiger charge is -2.34. The number of hydrogen-bond acceptors (Lipinski definition) is 5. The third-order valence-corrected chi connectivity index (χ3v) is 3.69. The minimum absolute atomic E-state index is 0.0244. The molecular weight excluding hydrogens is 240 g/mol. The van der Waals surface area contributed by atoms with E-state index in [1.54, 1.807) is 11.3 Å². The average Bonchev–Trinajstić information content (AvgIpc) is 2.66. The van der Waals surface area contributed by atoms with Gasteiger partial charge in [-0.25, -0.2) is 4.98 Å². The second-order valence-corrected chi connectivity index (χ2v) is 5.46. The van der Waals surface area contributed by atoms with Gasteiger partial charge in [0.1, 0.15) is 0 Å². The first-order chi connectivity index (χ1) is 8.15. The van der Waals surface area contributed by atoms with Crippen molar-refractivity contribution in [2.75, 3.05) is 19.8 Å². The quantitative estimate of drug-likeness (QED) is 0.875. The zero-order valence-electron chi connectivity index (χ0n) is 9.76. The second kappa shape index (κ2) is 5.57. The van der Waals surface area contributed by atoms with Crippen molar-refractivity contribution in [1.29, 1.82) is 0 Å². The number of ether oxygens (including phenoxy) is 1. The summed E-state index contributed by atoms with van der Waals surface area (Å²) in [7, 11) is 0. The van der Waals surface area contributed by atoms with Crippen LogP contribution in [0.1, 0.15) is 16.3 Å². The summed E-state index contributed by atoms with van der Waals surface area (Å²) in [5.41, 5.74) is 0. The standard InChI is InChI=1S/C11H16N2O3S/c1-8-12-5-10(17-8)6-13-2-3-16-7-9(13)4-11(14)15/h5,9H,2-4,6-7H2,1H3,(H,14,15). The Bertz CT molecular complexity index is 394. The fourth-order valence-corrected chi connectivity index (χ4v) is 2.79. The van der Waals surface area contributed by atoms with Crippen molar-refractivity contribution >= 4 is 17.3 Å². The third-order valence-electron chi connectivity index (χ3n) is 2.79. The Balaban J connectivity index is 1.98. The minimum atomic E-state index is -0.772. The van der Waals surface area contributed by atoms with Crippen molar-refractivity contribution in [2.45, 2.75) is 25.9 Å². The molecule has 0 amide bonds. The van der Waals surface area contributed by atoms with E-state index in [1.807, 2.05) is 13.1 Å². The molecule has 1 saturated heterocycles. The maximum atomic E-state index is 10.8. The van der Waals surface area contributed by atoms with Crippen LogP contribution in [0.3, 0.4) is 0 Å². The maximum absolute atomic E-state index is 10.8. The molecule has 17 heavy (non-hydrogen) atoms. The number of aryl methyl sites for hydroxylation is 1. The molecule has 1 N–H and O–H groups in total. The SMILES string of the molecule is Cc1ncc(CN2CCOCC2CC(=O)O)s1.